The summed E-state index contributed by atoms with van der Waals surface area (Å²) in [6.07, 6.45) is 27.2. The van der Waals surface area contributed by atoms with E-state index in [2.05, 4.69) is 87.5 Å². The predicted molar refractivity (Wildman–Crippen MR) is 203 cm³/mol. The van der Waals surface area contributed by atoms with Crippen LogP contribution in [0.2, 0.25) is 0 Å². The molecule has 43 heavy (non-hydrogen) atoms. The highest BCUT2D eigenvalue weighted by Gasteiger charge is 2.61. The Morgan fingerprint density at radius 2 is 1.47 bits per heavy atom. The zero-order chi connectivity index (χ0) is 33.3. The monoisotopic (exact) mass is 601 g/mol. The molecule has 0 aromatic rings. The second-order valence-electron chi connectivity index (χ2n) is 15.4. The van der Waals surface area contributed by atoms with Gasteiger partial charge >= 0.3 is 0 Å². The van der Waals surface area contributed by atoms with Gasteiger partial charge in [-0.3, -0.25) is 0 Å². The van der Waals surface area contributed by atoms with Crippen molar-refractivity contribution in [2.45, 2.75) is 181 Å². The van der Waals surface area contributed by atoms with E-state index in [9.17, 15) is 0 Å². The molecule has 3 aliphatic rings. The molecule has 0 aliphatic heterocycles. The Balaban J connectivity index is -0.00000164. The molecule has 0 saturated heterocycles. The first-order valence-corrected chi connectivity index (χ1v) is 18.4. The van der Waals surface area contributed by atoms with Gasteiger partial charge in [0.1, 0.15) is 0 Å². The van der Waals surface area contributed by atoms with E-state index < -0.39 is 0 Å². The quantitative estimate of drug-likeness (QED) is 0.133. The number of unbranched alkanes of at least 4 members (excludes halogenated alkanes) is 1. The summed E-state index contributed by atoms with van der Waals surface area (Å²) in [5, 5.41) is 0. The summed E-state index contributed by atoms with van der Waals surface area (Å²) in [5.74, 6) is 6.22. The SMILES string of the molecule is C.C#C.C=CCC1CC(CC(C)(C)C)C2C3CCC(CCCCC(C)C)C3(C)CCC2C1(C)CC(=C)C.CC.CC.CC. The standard InChI is InChI=1S/C34H60.3C2H6.C2H2.CH4/c1-11-14-28-21-26(23-32(6,7)8)31-29-18-17-27(16-13-12-15-24(2)3)33(29,9)20-19-30(31)34(28,10)22-25(4)5;4*1-2;/h11,24,26-31H,1,4,12-23H2,2-3,5-10H3;3*1-2H3;1-2H;1H4. The summed E-state index contributed by atoms with van der Waals surface area (Å²) in [6.45, 7) is 40.5. The van der Waals surface area contributed by atoms with Crippen LogP contribution in [-0.2, 0) is 0 Å². The molecule has 0 spiro atoms. The molecule has 0 heterocycles. The Labute approximate surface area is 276 Å². The average molecular weight is 601 g/mol. The highest BCUT2D eigenvalue weighted by molar-refractivity contribution is 5.13. The van der Waals surface area contributed by atoms with Crippen LogP contribution in [0.3, 0.4) is 0 Å². The Hall–Kier alpha value is -0.960. The first-order valence-electron chi connectivity index (χ1n) is 18.4. The van der Waals surface area contributed by atoms with Gasteiger partial charge in [-0.1, -0.05) is 128 Å². The molecule has 256 valence electrons. The van der Waals surface area contributed by atoms with Crippen molar-refractivity contribution in [2.24, 2.45) is 57.7 Å². The molecule has 0 N–H and O–H groups in total. The maximum absolute atomic E-state index is 4.43. The number of allylic oxidation sites excluding steroid dienone is 2. The largest absolute Gasteiger partial charge is 0.124 e. The first kappa shape index (κ1) is 46.5. The molecule has 0 radical (unpaired) electrons. The number of terminal acetylenes is 1. The van der Waals surface area contributed by atoms with Gasteiger partial charge in [0, 0.05) is 0 Å². The van der Waals surface area contributed by atoms with Gasteiger partial charge in [-0.15, -0.1) is 26.0 Å². The van der Waals surface area contributed by atoms with Crippen LogP contribution >= 0.6 is 0 Å². The molecule has 3 aliphatic carbocycles. The Kier molecular flexibility index (Phi) is 24.3. The Morgan fingerprint density at radius 3 is 1.93 bits per heavy atom. The van der Waals surface area contributed by atoms with E-state index >= 15 is 0 Å². The lowest BCUT2D eigenvalue weighted by atomic mass is 9.42. The van der Waals surface area contributed by atoms with Gasteiger partial charge in [0.05, 0.1) is 0 Å². The lowest BCUT2D eigenvalue weighted by molar-refractivity contribution is -0.131. The number of rotatable bonds is 10. The van der Waals surface area contributed by atoms with E-state index in [1.54, 1.807) is 0 Å². The molecule has 0 aromatic carbocycles. The van der Waals surface area contributed by atoms with Gasteiger partial charge in [0.15, 0.2) is 0 Å². The Morgan fingerprint density at radius 1 is 0.907 bits per heavy atom. The third-order valence-electron chi connectivity index (χ3n) is 11.0. The summed E-state index contributed by atoms with van der Waals surface area (Å²) in [5.41, 5.74) is 2.80. The number of fused-ring (bicyclic) bond motifs is 3. The first-order chi connectivity index (χ1) is 19.8. The molecular formula is C43H84. The fourth-order valence-electron chi connectivity index (χ4n) is 9.74. The molecule has 0 bridgehead atoms. The van der Waals surface area contributed by atoms with Crippen molar-refractivity contribution in [3.63, 3.8) is 0 Å². The van der Waals surface area contributed by atoms with Gasteiger partial charge in [-0.05, 0) is 122 Å². The molecule has 0 nitrogen and oxygen atoms in total. The molecule has 0 aromatic heterocycles. The number of hydrogen-bond acceptors (Lipinski definition) is 0. The maximum atomic E-state index is 4.43. The van der Waals surface area contributed by atoms with Crippen molar-refractivity contribution in [1.82, 2.24) is 0 Å². The van der Waals surface area contributed by atoms with E-state index in [-0.39, 0.29) is 7.43 Å². The third-order valence-corrected chi connectivity index (χ3v) is 11.0. The van der Waals surface area contributed by atoms with E-state index in [4.69, 9.17) is 0 Å². The van der Waals surface area contributed by atoms with Crippen LogP contribution in [0, 0.1) is 70.5 Å². The van der Waals surface area contributed by atoms with Crippen LogP contribution in [0.15, 0.2) is 24.8 Å². The zero-order valence-corrected chi connectivity index (χ0v) is 31.7. The molecule has 8 unspecified atom stereocenters. The lowest BCUT2D eigenvalue weighted by Gasteiger charge is -2.62. The summed E-state index contributed by atoms with van der Waals surface area (Å²) in [7, 11) is 0. The highest BCUT2D eigenvalue weighted by Crippen LogP contribution is 2.69. The fraction of sp³-hybridized carbons (Fsp3) is 0.860. The van der Waals surface area contributed by atoms with Crippen LogP contribution in [0.5, 0.6) is 0 Å². The fourth-order valence-corrected chi connectivity index (χ4v) is 9.74. The highest BCUT2D eigenvalue weighted by atomic mass is 14.7. The van der Waals surface area contributed by atoms with Crippen molar-refractivity contribution < 1.29 is 0 Å². The normalized spacial score (nSPS) is 32.2. The molecule has 0 heteroatoms. The molecule has 3 saturated carbocycles. The van der Waals surface area contributed by atoms with Gasteiger partial charge in [0.2, 0.25) is 0 Å². The average Bonchev–Trinajstić information content (AvgIpc) is 3.28. The van der Waals surface area contributed by atoms with Crippen LogP contribution in [-0.4, -0.2) is 0 Å². The van der Waals surface area contributed by atoms with Gasteiger partial charge in [0.25, 0.3) is 0 Å². The van der Waals surface area contributed by atoms with Crippen molar-refractivity contribution in [1.29, 1.82) is 0 Å². The summed E-state index contributed by atoms with van der Waals surface area (Å²) in [6, 6.07) is 0. The summed E-state index contributed by atoms with van der Waals surface area (Å²) >= 11 is 0. The maximum Gasteiger partial charge on any atom is -0.0226 e. The van der Waals surface area contributed by atoms with Gasteiger partial charge < -0.3 is 0 Å². The molecule has 3 fully saturated rings. The molecular weight excluding hydrogens is 516 g/mol. The smallest absolute Gasteiger partial charge is 0.0226 e. The second kappa shape index (κ2) is 22.5. The van der Waals surface area contributed by atoms with Crippen LogP contribution in [0.25, 0.3) is 0 Å². The van der Waals surface area contributed by atoms with Gasteiger partial charge in [-0.2, -0.15) is 0 Å². The minimum Gasteiger partial charge on any atom is -0.124 e. The van der Waals surface area contributed by atoms with Crippen LogP contribution in [0.1, 0.15) is 181 Å². The summed E-state index contributed by atoms with van der Waals surface area (Å²) in [4.78, 5) is 0. The molecule has 3 rings (SSSR count). The van der Waals surface area contributed by atoms with Crippen LogP contribution in [0.4, 0.5) is 0 Å². The Bertz CT molecular complexity index is 731. The zero-order valence-electron chi connectivity index (χ0n) is 31.7. The van der Waals surface area contributed by atoms with E-state index in [0.29, 0.717) is 16.2 Å². The third kappa shape index (κ3) is 12.8. The van der Waals surface area contributed by atoms with Crippen LogP contribution < -0.4 is 0 Å². The van der Waals surface area contributed by atoms with Crippen molar-refractivity contribution in [2.75, 3.05) is 0 Å². The lowest BCUT2D eigenvalue weighted by Crippen LogP contribution is -2.55. The topological polar surface area (TPSA) is 0 Å². The van der Waals surface area contributed by atoms with Crippen molar-refractivity contribution in [3.05, 3.63) is 24.8 Å². The van der Waals surface area contributed by atoms with Gasteiger partial charge in [-0.25, -0.2) is 0 Å². The predicted octanol–water partition coefficient (Wildman–Crippen LogP) is 14.8. The number of hydrogen-bond donors (Lipinski definition) is 0. The second-order valence-corrected chi connectivity index (χ2v) is 15.4. The molecule has 8 atom stereocenters. The summed E-state index contributed by atoms with van der Waals surface area (Å²) < 4.78 is 0. The van der Waals surface area contributed by atoms with E-state index in [1.807, 2.05) is 41.5 Å². The molecule has 0 amide bonds. The minimum absolute atomic E-state index is 0. The van der Waals surface area contributed by atoms with E-state index in [0.717, 1.165) is 41.4 Å². The van der Waals surface area contributed by atoms with Crippen molar-refractivity contribution in [3.8, 4) is 12.8 Å². The van der Waals surface area contributed by atoms with E-state index in [1.165, 1.54) is 82.6 Å². The minimum atomic E-state index is 0. The van der Waals surface area contributed by atoms with Crippen molar-refractivity contribution >= 4 is 0 Å².